The van der Waals surface area contributed by atoms with Crippen molar-refractivity contribution in [3.05, 3.63) is 71.3 Å². The fourth-order valence-corrected chi connectivity index (χ4v) is 3.35. The van der Waals surface area contributed by atoms with Crippen molar-refractivity contribution in [1.82, 2.24) is 0 Å². The van der Waals surface area contributed by atoms with Crippen molar-refractivity contribution in [2.45, 2.75) is 66.1 Å². The van der Waals surface area contributed by atoms with Gasteiger partial charge in [-0.1, -0.05) is 87.9 Å². The number of esters is 1. The molecular weight excluding hydrogens is 336 g/mol. The van der Waals surface area contributed by atoms with Crippen LogP contribution in [0.4, 0.5) is 0 Å². The first kappa shape index (κ1) is 22.9. The maximum atomic E-state index is 12.5. The minimum atomic E-state index is -1.39. The summed E-state index contributed by atoms with van der Waals surface area (Å²) >= 11 is 0. The predicted octanol–water partition coefficient (Wildman–Crippen LogP) is 5.63. The summed E-state index contributed by atoms with van der Waals surface area (Å²) in [6.07, 6.45) is 0.477. The molecule has 3 rings (SSSR count). The van der Waals surface area contributed by atoms with Gasteiger partial charge in [0, 0.05) is 6.42 Å². The van der Waals surface area contributed by atoms with Gasteiger partial charge in [-0.25, -0.2) is 0 Å². The van der Waals surface area contributed by atoms with Crippen LogP contribution in [-0.2, 0) is 15.1 Å². The molecule has 0 bridgehead atoms. The molecule has 27 heavy (non-hydrogen) atoms. The van der Waals surface area contributed by atoms with Gasteiger partial charge in [-0.3, -0.25) is 4.79 Å². The topological polar surface area (TPSA) is 46.5 Å². The minimum Gasteiger partial charge on any atom is -0.459 e. The van der Waals surface area contributed by atoms with Gasteiger partial charge in [-0.05, 0) is 31.9 Å². The molecule has 2 aromatic carbocycles. The number of aliphatic hydroxyl groups is 1. The highest BCUT2D eigenvalue weighted by atomic mass is 16.6. The maximum Gasteiger partial charge on any atom is 0.313 e. The lowest BCUT2D eigenvalue weighted by molar-refractivity contribution is -0.152. The van der Waals surface area contributed by atoms with Crippen LogP contribution in [-0.4, -0.2) is 16.7 Å². The number of rotatable bonds is 3. The Kier molecular flexibility index (Phi) is 8.23. The van der Waals surface area contributed by atoms with E-state index in [2.05, 4.69) is 0 Å². The van der Waals surface area contributed by atoms with Crippen molar-refractivity contribution >= 4 is 5.97 Å². The first-order chi connectivity index (χ1) is 12.8. The van der Waals surface area contributed by atoms with Crippen LogP contribution in [0.2, 0.25) is 0 Å². The zero-order valence-electron chi connectivity index (χ0n) is 17.7. The average Bonchev–Trinajstić information content (AvgIpc) is 2.98. The van der Waals surface area contributed by atoms with E-state index in [9.17, 15) is 9.90 Å². The van der Waals surface area contributed by atoms with Crippen molar-refractivity contribution in [2.75, 3.05) is 0 Å². The van der Waals surface area contributed by atoms with Crippen LogP contribution in [0.25, 0.3) is 0 Å². The van der Waals surface area contributed by atoms with Gasteiger partial charge in [0.1, 0.15) is 11.2 Å². The summed E-state index contributed by atoms with van der Waals surface area (Å²) in [7, 11) is 0. The molecule has 1 aliphatic heterocycles. The lowest BCUT2D eigenvalue weighted by Crippen LogP contribution is -2.39. The molecule has 1 saturated heterocycles. The predicted molar refractivity (Wildman–Crippen MR) is 112 cm³/mol. The summed E-state index contributed by atoms with van der Waals surface area (Å²) in [5.74, 6) is -0.968. The third-order valence-corrected chi connectivity index (χ3v) is 4.57. The van der Waals surface area contributed by atoms with E-state index in [-0.39, 0.29) is 5.97 Å². The number of ether oxygens (including phenoxy) is 1. The molecule has 1 N–H and O–H groups in total. The Morgan fingerprint density at radius 1 is 0.926 bits per heavy atom. The minimum absolute atomic E-state index is 0.345. The van der Waals surface area contributed by atoms with E-state index < -0.39 is 17.1 Å². The molecular formula is C24H34O3. The number of cyclic esters (lactones) is 1. The second-order valence-electron chi connectivity index (χ2n) is 6.94. The van der Waals surface area contributed by atoms with Gasteiger partial charge < -0.3 is 9.84 Å². The molecule has 1 heterocycles. The van der Waals surface area contributed by atoms with E-state index in [1.807, 2.05) is 103 Å². The Labute approximate surface area is 164 Å². The van der Waals surface area contributed by atoms with Crippen LogP contribution >= 0.6 is 0 Å². The molecule has 148 valence electrons. The Morgan fingerprint density at radius 3 is 1.85 bits per heavy atom. The number of hydrogen-bond donors (Lipinski definition) is 1. The number of carbonyl (C=O) groups excluding carboxylic acids is 1. The Bertz CT molecular complexity index is 704. The van der Waals surface area contributed by atoms with Crippen molar-refractivity contribution in [3.63, 3.8) is 0 Å². The molecule has 2 aromatic rings. The lowest BCUT2D eigenvalue weighted by Gasteiger charge is -2.33. The van der Waals surface area contributed by atoms with E-state index in [1.54, 1.807) is 0 Å². The quantitative estimate of drug-likeness (QED) is 0.713. The van der Waals surface area contributed by atoms with E-state index >= 15 is 0 Å². The van der Waals surface area contributed by atoms with Crippen molar-refractivity contribution in [1.29, 1.82) is 0 Å². The van der Waals surface area contributed by atoms with E-state index in [0.717, 1.165) is 5.56 Å². The summed E-state index contributed by atoms with van der Waals surface area (Å²) in [4.78, 5) is 12.5. The SMILES string of the molecule is CC.CC.Cc1ccc(C(O)(c2ccccc2)C2CC(C)(C)OC2=O)cc1. The Hall–Kier alpha value is -2.13. The fraction of sp³-hybridized carbons (Fsp3) is 0.458. The highest BCUT2D eigenvalue weighted by Crippen LogP contribution is 2.45. The summed E-state index contributed by atoms with van der Waals surface area (Å²) in [5, 5.41) is 11.6. The van der Waals surface area contributed by atoms with Gasteiger partial charge >= 0.3 is 5.97 Å². The third kappa shape index (κ3) is 4.98. The summed E-state index contributed by atoms with van der Waals surface area (Å²) in [6.45, 7) is 13.8. The van der Waals surface area contributed by atoms with Crippen LogP contribution < -0.4 is 0 Å². The monoisotopic (exact) mass is 370 g/mol. The maximum absolute atomic E-state index is 12.5. The van der Waals surface area contributed by atoms with E-state index in [1.165, 1.54) is 0 Å². The Morgan fingerprint density at radius 2 is 1.41 bits per heavy atom. The van der Waals surface area contributed by atoms with Crippen molar-refractivity contribution in [2.24, 2.45) is 5.92 Å². The molecule has 1 aliphatic rings. The standard InChI is InChI=1S/C20H22O3.2C2H6/c1-14-9-11-16(12-10-14)20(22,15-7-5-4-6-8-15)17-13-19(2,3)23-18(17)21;2*1-2/h4-12,17,22H,13H2,1-3H3;2*1-2H3. The summed E-state index contributed by atoms with van der Waals surface area (Å²) in [5.41, 5.74) is 0.589. The zero-order chi connectivity index (χ0) is 20.7. The van der Waals surface area contributed by atoms with Crippen LogP contribution in [0.3, 0.4) is 0 Å². The fourth-order valence-electron chi connectivity index (χ4n) is 3.35. The average molecular weight is 371 g/mol. The summed E-state index contributed by atoms with van der Waals surface area (Å²) < 4.78 is 5.48. The summed E-state index contributed by atoms with van der Waals surface area (Å²) in [6, 6.07) is 17.1. The molecule has 0 spiro atoms. The number of hydrogen-bond acceptors (Lipinski definition) is 3. The highest BCUT2D eigenvalue weighted by molar-refractivity contribution is 5.78. The normalized spacial score (nSPS) is 19.6. The van der Waals surface area contributed by atoms with Gasteiger partial charge in [-0.2, -0.15) is 0 Å². The van der Waals surface area contributed by atoms with E-state index in [4.69, 9.17) is 4.74 Å². The highest BCUT2D eigenvalue weighted by Gasteiger charge is 2.53. The van der Waals surface area contributed by atoms with Crippen molar-refractivity contribution < 1.29 is 14.6 Å². The molecule has 0 radical (unpaired) electrons. The van der Waals surface area contributed by atoms with Gasteiger partial charge in [0.2, 0.25) is 0 Å². The molecule has 0 saturated carbocycles. The number of carbonyl (C=O) groups is 1. The molecule has 3 heteroatoms. The number of aryl methyl sites for hydroxylation is 1. The third-order valence-electron chi connectivity index (χ3n) is 4.57. The second-order valence-corrected chi connectivity index (χ2v) is 6.94. The van der Waals surface area contributed by atoms with Crippen molar-refractivity contribution in [3.8, 4) is 0 Å². The molecule has 0 amide bonds. The zero-order valence-corrected chi connectivity index (χ0v) is 17.7. The smallest absolute Gasteiger partial charge is 0.313 e. The molecule has 2 unspecified atom stereocenters. The molecule has 3 nitrogen and oxygen atoms in total. The van der Waals surface area contributed by atoms with Gasteiger partial charge in [-0.15, -0.1) is 0 Å². The first-order valence-electron chi connectivity index (χ1n) is 9.91. The lowest BCUT2D eigenvalue weighted by atomic mass is 9.73. The second kappa shape index (κ2) is 9.70. The van der Waals surface area contributed by atoms with Gasteiger partial charge in [0.05, 0.1) is 5.92 Å². The number of benzene rings is 2. The van der Waals surface area contributed by atoms with Gasteiger partial charge in [0.15, 0.2) is 0 Å². The molecule has 1 fully saturated rings. The van der Waals surface area contributed by atoms with Crippen LogP contribution in [0.5, 0.6) is 0 Å². The first-order valence-corrected chi connectivity index (χ1v) is 9.91. The largest absolute Gasteiger partial charge is 0.459 e. The molecule has 2 atom stereocenters. The van der Waals surface area contributed by atoms with Crippen LogP contribution in [0, 0.1) is 12.8 Å². The van der Waals surface area contributed by atoms with Crippen LogP contribution in [0.15, 0.2) is 54.6 Å². The van der Waals surface area contributed by atoms with E-state index in [0.29, 0.717) is 17.5 Å². The van der Waals surface area contributed by atoms with Crippen LogP contribution in [0.1, 0.15) is 64.7 Å². The molecule has 0 aromatic heterocycles. The van der Waals surface area contributed by atoms with Gasteiger partial charge in [0.25, 0.3) is 0 Å². The molecule has 0 aliphatic carbocycles. The Balaban J connectivity index is 0.000000855.